The molecule has 0 saturated heterocycles. The first-order valence-electron chi connectivity index (χ1n) is 5.91. The molecule has 0 fully saturated rings. The van der Waals surface area contributed by atoms with E-state index >= 15 is 0 Å². The maximum Gasteiger partial charge on any atom is 0.248 e. The zero-order chi connectivity index (χ0) is 11.9. The molecule has 0 aliphatic heterocycles. The molecular weight excluding hydrogens is 263 g/mol. The average Bonchev–Trinajstić information content (AvgIpc) is 2.18. The maximum absolute atomic E-state index is 6.12. The lowest BCUT2D eigenvalue weighted by molar-refractivity contribution is 0.299. The van der Waals surface area contributed by atoms with E-state index in [0.717, 1.165) is 19.1 Å². The molecule has 0 unspecified atom stereocenters. The van der Waals surface area contributed by atoms with Crippen LogP contribution in [0.2, 0.25) is 30.7 Å². The van der Waals surface area contributed by atoms with E-state index < -0.39 is 15.0 Å². The summed E-state index contributed by atoms with van der Waals surface area (Å²) in [5.41, 5.74) is 0. The Kier molecular flexibility index (Phi) is 7.80. The number of rotatable bonds is 8. The highest BCUT2D eigenvalue weighted by atomic mass is 35.7. The molecule has 0 aliphatic carbocycles. The average molecular weight is 287 g/mol. The predicted molar refractivity (Wildman–Crippen MR) is 75.9 cm³/mol. The van der Waals surface area contributed by atoms with Crippen LogP contribution in [0.25, 0.3) is 0 Å². The topological polar surface area (TPSA) is 9.23 Å². The van der Waals surface area contributed by atoms with Crippen molar-refractivity contribution in [1.29, 1.82) is 0 Å². The second-order valence-electron chi connectivity index (χ2n) is 4.27. The zero-order valence-electron chi connectivity index (χ0n) is 10.4. The van der Waals surface area contributed by atoms with Crippen molar-refractivity contribution in [3.8, 4) is 0 Å². The van der Waals surface area contributed by atoms with Crippen LogP contribution >= 0.6 is 22.2 Å². The standard InChI is InChI=1S/C10H24Cl2OSi2/c1-5-15(6-2,7-3)13-9-8-10-14(4,11)12/h5-10H2,1-4H3. The number of hydrogen-bond acceptors (Lipinski definition) is 1. The molecule has 0 amide bonds. The molecule has 0 aromatic heterocycles. The van der Waals surface area contributed by atoms with Crippen molar-refractivity contribution in [2.24, 2.45) is 0 Å². The van der Waals surface area contributed by atoms with E-state index in [1.54, 1.807) is 0 Å². The first-order chi connectivity index (χ1) is 6.89. The Morgan fingerprint density at radius 3 is 1.80 bits per heavy atom. The molecule has 5 heteroatoms. The Morgan fingerprint density at radius 2 is 1.47 bits per heavy atom. The summed E-state index contributed by atoms with van der Waals surface area (Å²) >= 11 is 12.1. The van der Waals surface area contributed by atoms with Crippen molar-refractivity contribution in [1.82, 2.24) is 0 Å². The van der Waals surface area contributed by atoms with Gasteiger partial charge in [0.25, 0.3) is 0 Å². The van der Waals surface area contributed by atoms with Crippen molar-refractivity contribution in [2.45, 2.75) is 57.9 Å². The highest BCUT2D eigenvalue weighted by Crippen LogP contribution is 2.24. The van der Waals surface area contributed by atoms with E-state index in [4.69, 9.17) is 26.6 Å². The minimum Gasteiger partial charge on any atom is -0.417 e. The van der Waals surface area contributed by atoms with Gasteiger partial charge in [-0.25, -0.2) is 0 Å². The van der Waals surface area contributed by atoms with Gasteiger partial charge in [-0.3, -0.25) is 0 Å². The van der Waals surface area contributed by atoms with Gasteiger partial charge in [0.1, 0.15) is 0 Å². The fraction of sp³-hybridized carbons (Fsp3) is 1.00. The van der Waals surface area contributed by atoms with Crippen molar-refractivity contribution in [3.63, 3.8) is 0 Å². The van der Waals surface area contributed by atoms with Crippen LogP contribution < -0.4 is 0 Å². The summed E-state index contributed by atoms with van der Waals surface area (Å²) in [5.74, 6) is 0. The first kappa shape index (κ1) is 16.0. The third-order valence-corrected chi connectivity index (χ3v) is 10.1. The minimum absolute atomic E-state index is 0.851. The quantitative estimate of drug-likeness (QED) is 0.349. The summed E-state index contributed by atoms with van der Waals surface area (Å²) in [6, 6.07) is 4.60. The lowest BCUT2D eigenvalue weighted by Gasteiger charge is -2.28. The van der Waals surface area contributed by atoms with Crippen LogP contribution in [-0.4, -0.2) is 21.6 Å². The Hall–Kier alpha value is 0.974. The molecule has 1 nitrogen and oxygen atoms in total. The molecule has 0 bridgehead atoms. The van der Waals surface area contributed by atoms with Crippen molar-refractivity contribution in [2.75, 3.05) is 6.61 Å². The van der Waals surface area contributed by atoms with Gasteiger partial charge >= 0.3 is 0 Å². The van der Waals surface area contributed by atoms with Crippen LogP contribution in [0.4, 0.5) is 0 Å². The van der Waals surface area contributed by atoms with E-state index in [9.17, 15) is 0 Å². The molecular formula is C10H24Cl2OSi2. The smallest absolute Gasteiger partial charge is 0.248 e. The van der Waals surface area contributed by atoms with Crippen LogP contribution in [0, 0.1) is 0 Å². The Bertz CT molecular complexity index is 159. The van der Waals surface area contributed by atoms with Gasteiger partial charge in [0.15, 0.2) is 8.32 Å². The molecule has 0 atom stereocenters. The normalized spacial score (nSPS) is 13.2. The molecule has 15 heavy (non-hydrogen) atoms. The largest absolute Gasteiger partial charge is 0.417 e. The van der Waals surface area contributed by atoms with Crippen LogP contribution in [0.15, 0.2) is 0 Å². The van der Waals surface area contributed by atoms with Crippen molar-refractivity contribution < 1.29 is 4.43 Å². The SMILES string of the molecule is CC[Si](CC)(CC)OCCC[Si](C)(Cl)Cl. The fourth-order valence-electron chi connectivity index (χ4n) is 1.73. The second-order valence-corrected chi connectivity index (χ2v) is 17.3. The molecule has 0 aliphatic rings. The monoisotopic (exact) mass is 286 g/mol. The first-order valence-corrected chi connectivity index (χ1v) is 13.2. The molecule has 0 radical (unpaired) electrons. The number of halogens is 2. The summed E-state index contributed by atoms with van der Waals surface area (Å²) in [6.07, 6.45) is 1.02. The Morgan fingerprint density at radius 1 is 1.00 bits per heavy atom. The summed E-state index contributed by atoms with van der Waals surface area (Å²) in [6.45, 7) is 7.67. The van der Waals surface area contributed by atoms with Crippen molar-refractivity contribution in [3.05, 3.63) is 0 Å². The molecule has 0 N–H and O–H groups in total. The lowest BCUT2D eigenvalue weighted by atomic mass is 10.5. The highest BCUT2D eigenvalue weighted by molar-refractivity contribution is 7.44. The van der Waals surface area contributed by atoms with Gasteiger partial charge < -0.3 is 4.43 Å². The minimum atomic E-state index is -1.90. The van der Waals surface area contributed by atoms with Gasteiger partial charge in [-0.05, 0) is 37.1 Å². The maximum atomic E-state index is 6.12. The predicted octanol–water partition coefficient (Wildman–Crippen LogP) is 4.95. The Labute approximate surface area is 106 Å². The van der Waals surface area contributed by atoms with Gasteiger partial charge in [0, 0.05) is 6.61 Å². The summed E-state index contributed by atoms with van der Waals surface area (Å²) in [7, 11) is -1.38. The number of hydrogen-bond donors (Lipinski definition) is 0. The zero-order valence-corrected chi connectivity index (χ0v) is 13.9. The molecule has 0 saturated carbocycles. The van der Waals surface area contributed by atoms with Crippen LogP contribution in [-0.2, 0) is 4.43 Å². The third kappa shape index (κ3) is 7.00. The van der Waals surface area contributed by atoms with Crippen LogP contribution in [0.3, 0.4) is 0 Å². The molecule has 92 valence electrons. The van der Waals surface area contributed by atoms with Gasteiger partial charge in [-0.2, -0.15) is 0 Å². The van der Waals surface area contributed by atoms with Gasteiger partial charge in [0.2, 0.25) is 6.69 Å². The van der Waals surface area contributed by atoms with Gasteiger partial charge in [0.05, 0.1) is 0 Å². The van der Waals surface area contributed by atoms with E-state index in [0.29, 0.717) is 0 Å². The molecule has 0 heterocycles. The lowest BCUT2D eigenvalue weighted by Crippen LogP contribution is -2.36. The van der Waals surface area contributed by atoms with E-state index in [1.807, 2.05) is 6.55 Å². The third-order valence-electron chi connectivity index (χ3n) is 3.10. The summed E-state index contributed by atoms with van der Waals surface area (Å²) in [4.78, 5) is 0. The van der Waals surface area contributed by atoms with Gasteiger partial charge in [-0.1, -0.05) is 20.8 Å². The molecule has 0 rings (SSSR count). The van der Waals surface area contributed by atoms with E-state index in [2.05, 4.69) is 20.8 Å². The summed E-state index contributed by atoms with van der Waals surface area (Å²) < 4.78 is 6.12. The Balaban J connectivity index is 3.82. The van der Waals surface area contributed by atoms with Crippen molar-refractivity contribution >= 4 is 37.2 Å². The van der Waals surface area contributed by atoms with Crippen LogP contribution in [0.5, 0.6) is 0 Å². The molecule has 0 aromatic carbocycles. The van der Waals surface area contributed by atoms with Gasteiger partial charge in [-0.15, -0.1) is 22.2 Å². The highest BCUT2D eigenvalue weighted by Gasteiger charge is 2.28. The van der Waals surface area contributed by atoms with E-state index in [-0.39, 0.29) is 0 Å². The second kappa shape index (κ2) is 7.33. The molecule has 0 spiro atoms. The van der Waals surface area contributed by atoms with E-state index in [1.165, 1.54) is 18.1 Å². The summed E-state index contributed by atoms with van der Waals surface area (Å²) in [5, 5.41) is 0. The van der Waals surface area contributed by atoms with Crippen LogP contribution in [0.1, 0.15) is 27.2 Å². The molecule has 0 aromatic rings. The fourth-order valence-corrected chi connectivity index (χ4v) is 5.98.